The zero-order valence-electron chi connectivity index (χ0n) is 12.6. The number of rotatable bonds is 3. The number of hydrogen-bond acceptors (Lipinski definition) is 5. The minimum Gasteiger partial charge on any atom is -0.264 e. The Bertz CT molecular complexity index is 892. The first-order chi connectivity index (χ1) is 11.7. The molecule has 0 amide bonds. The molecule has 3 aromatic rings. The summed E-state index contributed by atoms with van der Waals surface area (Å²) in [6, 6.07) is 4.74. The molecule has 3 aromatic heterocycles. The molecule has 25 heavy (non-hydrogen) atoms. The monoisotopic (exact) mass is 372 g/mol. The second-order valence-electron chi connectivity index (χ2n) is 5.01. The van der Waals surface area contributed by atoms with Crippen molar-refractivity contribution in [1.82, 2.24) is 19.9 Å². The lowest BCUT2D eigenvalue weighted by Crippen LogP contribution is -2.35. The molecular weight excluding hydrogens is 363 g/mol. The number of pyridine rings is 1. The summed E-state index contributed by atoms with van der Waals surface area (Å²) < 4.78 is 64.5. The third kappa shape index (κ3) is 3.21. The smallest absolute Gasteiger partial charge is 0.264 e. The van der Waals surface area contributed by atoms with E-state index in [0.29, 0.717) is 21.1 Å². The van der Waals surface area contributed by atoms with Crippen LogP contribution in [0.2, 0.25) is 0 Å². The van der Waals surface area contributed by atoms with Crippen LogP contribution in [-0.2, 0) is 5.92 Å². The van der Waals surface area contributed by atoms with E-state index in [4.69, 9.17) is 0 Å². The summed E-state index contributed by atoms with van der Waals surface area (Å²) in [5, 5.41) is 0.559. The molecule has 0 aliphatic carbocycles. The second-order valence-corrected chi connectivity index (χ2v) is 6.01. The number of alkyl halides is 5. The number of aryl methyl sites for hydroxylation is 1. The normalized spacial score (nSPS) is 12.4. The van der Waals surface area contributed by atoms with Gasteiger partial charge >= 0.3 is 12.1 Å². The summed E-state index contributed by atoms with van der Waals surface area (Å²) in [4.78, 5) is 15.2. The molecule has 130 valence electrons. The lowest BCUT2D eigenvalue weighted by molar-refractivity contribution is -0.292. The van der Waals surface area contributed by atoms with Gasteiger partial charge in [-0.05, 0) is 25.1 Å². The number of nitrogens with zero attached hydrogens (tertiary/aromatic N) is 4. The van der Waals surface area contributed by atoms with Gasteiger partial charge in [0, 0.05) is 24.2 Å². The summed E-state index contributed by atoms with van der Waals surface area (Å²) in [7, 11) is 0. The quantitative estimate of drug-likeness (QED) is 0.630. The van der Waals surface area contributed by atoms with Crippen LogP contribution >= 0.6 is 11.3 Å². The standard InChI is InChI=1S/C15H9F5N4S/c1-8-11(25-12(23-8)9-3-2-5-21-7-9)10-4-6-22-13(24-10)14(16,17)15(18,19)20/h2-7H,1H3. The van der Waals surface area contributed by atoms with Gasteiger partial charge in [-0.2, -0.15) is 22.0 Å². The highest BCUT2D eigenvalue weighted by Gasteiger charge is 2.61. The zero-order valence-corrected chi connectivity index (χ0v) is 13.4. The number of aromatic nitrogens is 4. The molecule has 10 heteroatoms. The van der Waals surface area contributed by atoms with Crippen LogP contribution in [0.3, 0.4) is 0 Å². The molecule has 0 unspecified atom stereocenters. The van der Waals surface area contributed by atoms with Gasteiger partial charge in [-0.15, -0.1) is 11.3 Å². The number of thiazole rings is 1. The Hall–Kier alpha value is -2.49. The van der Waals surface area contributed by atoms with Crippen LogP contribution in [-0.4, -0.2) is 26.1 Å². The molecule has 0 bridgehead atoms. The maximum absolute atomic E-state index is 13.5. The van der Waals surface area contributed by atoms with E-state index in [9.17, 15) is 22.0 Å². The lowest BCUT2D eigenvalue weighted by Gasteiger charge is -2.18. The summed E-state index contributed by atoms with van der Waals surface area (Å²) in [5.74, 6) is -6.72. The van der Waals surface area contributed by atoms with Crippen molar-refractivity contribution in [3.05, 3.63) is 48.3 Å². The van der Waals surface area contributed by atoms with Gasteiger partial charge in [0.15, 0.2) is 0 Å². The molecular formula is C15H9F5N4S. The second kappa shape index (κ2) is 6.10. The van der Waals surface area contributed by atoms with Crippen molar-refractivity contribution in [3.8, 4) is 21.1 Å². The van der Waals surface area contributed by atoms with Crippen LogP contribution in [0.5, 0.6) is 0 Å². The Morgan fingerprint density at radius 2 is 1.76 bits per heavy atom. The average molecular weight is 372 g/mol. The van der Waals surface area contributed by atoms with Gasteiger partial charge in [0.25, 0.3) is 0 Å². The van der Waals surface area contributed by atoms with E-state index in [2.05, 4.69) is 19.9 Å². The van der Waals surface area contributed by atoms with E-state index < -0.39 is 17.9 Å². The first-order valence-corrected chi connectivity index (χ1v) is 7.68. The van der Waals surface area contributed by atoms with E-state index in [1.165, 1.54) is 6.07 Å². The molecule has 0 N–H and O–H groups in total. The van der Waals surface area contributed by atoms with Crippen molar-refractivity contribution >= 4 is 11.3 Å². The third-order valence-electron chi connectivity index (χ3n) is 3.23. The Morgan fingerprint density at radius 3 is 2.40 bits per heavy atom. The Morgan fingerprint density at radius 1 is 1.00 bits per heavy atom. The number of hydrogen-bond donors (Lipinski definition) is 0. The molecule has 0 saturated heterocycles. The molecule has 3 rings (SSSR count). The van der Waals surface area contributed by atoms with Crippen molar-refractivity contribution in [2.24, 2.45) is 0 Å². The van der Waals surface area contributed by atoms with Crippen LogP contribution in [0.25, 0.3) is 21.1 Å². The molecule has 4 nitrogen and oxygen atoms in total. The summed E-state index contributed by atoms with van der Waals surface area (Å²) >= 11 is 1.12. The molecule has 0 atom stereocenters. The van der Waals surface area contributed by atoms with Gasteiger partial charge in [-0.25, -0.2) is 15.0 Å². The Kier molecular flexibility index (Phi) is 4.23. The van der Waals surface area contributed by atoms with E-state index in [1.807, 2.05) is 0 Å². The van der Waals surface area contributed by atoms with Gasteiger partial charge in [0.05, 0.1) is 16.3 Å². The molecule has 0 radical (unpaired) electrons. The largest absolute Gasteiger partial charge is 0.461 e. The topological polar surface area (TPSA) is 51.6 Å². The maximum atomic E-state index is 13.5. The van der Waals surface area contributed by atoms with Crippen LogP contribution in [0.1, 0.15) is 11.5 Å². The summed E-state index contributed by atoms with van der Waals surface area (Å²) in [6.07, 6.45) is -1.73. The Labute approximate surface area is 142 Å². The molecule has 0 aliphatic rings. The van der Waals surface area contributed by atoms with E-state index >= 15 is 0 Å². The van der Waals surface area contributed by atoms with Crippen molar-refractivity contribution < 1.29 is 22.0 Å². The first-order valence-electron chi connectivity index (χ1n) is 6.86. The fraction of sp³-hybridized carbons (Fsp3) is 0.200. The van der Waals surface area contributed by atoms with Crippen molar-refractivity contribution in [1.29, 1.82) is 0 Å². The summed E-state index contributed by atoms with van der Waals surface area (Å²) in [6.45, 7) is 1.62. The number of halogens is 5. The predicted molar refractivity (Wildman–Crippen MR) is 81.1 cm³/mol. The Balaban J connectivity index is 2.04. The third-order valence-corrected chi connectivity index (χ3v) is 4.46. The molecule has 0 fully saturated rings. The highest BCUT2D eigenvalue weighted by atomic mass is 32.1. The first kappa shape index (κ1) is 17.3. The predicted octanol–water partition coefficient (Wildman–Crippen LogP) is 4.62. The molecule has 0 saturated carbocycles. The highest BCUT2D eigenvalue weighted by molar-refractivity contribution is 7.18. The average Bonchev–Trinajstić information content (AvgIpc) is 2.97. The fourth-order valence-corrected chi connectivity index (χ4v) is 3.04. The van der Waals surface area contributed by atoms with E-state index in [0.717, 1.165) is 17.5 Å². The van der Waals surface area contributed by atoms with Crippen molar-refractivity contribution in [3.63, 3.8) is 0 Å². The van der Waals surface area contributed by atoms with Crippen molar-refractivity contribution in [2.45, 2.75) is 19.0 Å². The van der Waals surface area contributed by atoms with Gasteiger partial charge in [0.2, 0.25) is 5.82 Å². The van der Waals surface area contributed by atoms with Crippen molar-refractivity contribution in [2.75, 3.05) is 0 Å². The van der Waals surface area contributed by atoms with E-state index in [1.54, 1.807) is 31.5 Å². The SMILES string of the molecule is Cc1nc(-c2cccnc2)sc1-c1ccnc(C(F)(F)C(F)(F)F)n1. The lowest BCUT2D eigenvalue weighted by atomic mass is 10.2. The van der Waals surface area contributed by atoms with Gasteiger partial charge in [-0.1, -0.05) is 0 Å². The maximum Gasteiger partial charge on any atom is 0.461 e. The van der Waals surface area contributed by atoms with Crippen LogP contribution in [0, 0.1) is 6.92 Å². The van der Waals surface area contributed by atoms with E-state index in [-0.39, 0.29) is 5.69 Å². The van der Waals surface area contributed by atoms with Crippen LogP contribution < -0.4 is 0 Å². The van der Waals surface area contributed by atoms with Gasteiger partial charge in [-0.3, -0.25) is 4.98 Å². The van der Waals surface area contributed by atoms with Crippen LogP contribution in [0.15, 0.2) is 36.8 Å². The van der Waals surface area contributed by atoms with Crippen LogP contribution in [0.4, 0.5) is 22.0 Å². The molecule has 0 aliphatic heterocycles. The van der Waals surface area contributed by atoms with Gasteiger partial charge < -0.3 is 0 Å². The summed E-state index contributed by atoms with van der Waals surface area (Å²) in [5.41, 5.74) is 1.12. The molecule has 0 spiro atoms. The minimum atomic E-state index is -5.77. The minimum absolute atomic E-state index is 0.0425. The zero-order chi connectivity index (χ0) is 18.2. The highest BCUT2D eigenvalue weighted by Crippen LogP contribution is 2.43. The molecule has 3 heterocycles. The fourth-order valence-electron chi connectivity index (χ4n) is 2.01. The molecule has 0 aromatic carbocycles. The van der Waals surface area contributed by atoms with Gasteiger partial charge in [0.1, 0.15) is 5.01 Å².